The number of hydrogen-bond acceptors (Lipinski definition) is 5. The summed E-state index contributed by atoms with van der Waals surface area (Å²) in [7, 11) is 0. The Morgan fingerprint density at radius 3 is 2.33 bits per heavy atom. The first-order chi connectivity index (χ1) is 25.5. The zero-order valence-corrected chi connectivity index (χ0v) is 33.6. The van der Waals surface area contributed by atoms with Crippen molar-refractivity contribution in [2.75, 3.05) is 13.2 Å². The minimum Gasteiger partial charge on any atom is -0.491 e. The highest BCUT2D eigenvalue weighted by Gasteiger charge is 2.71. The lowest BCUT2D eigenvalue weighted by Gasteiger charge is -2.72. The van der Waals surface area contributed by atoms with Gasteiger partial charge in [-0.2, -0.15) is 0 Å². The van der Waals surface area contributed by atoms with E-state index in [4.69, 9.17) is 9.84 Å². The summed E-state index contributed by atoms with van der Waals surface area (Å²) in [6, 6.07) is 14.0. The molecule has 294 valence electrons. The van der Waals surface area contributed by atoms with E-state index in [-0.39, 0.29) is 51.3 Å². The van der Waals surface area contributed by atoms with Gasteiger partial charge in [0.05, 0.1) is 17.1 Å². The maximum Gasteiger partial charge on any atom is 0.335 e. The molecule has 0 radical (unpaired) electrons. The molecule has 5 aliphatic rings. The fraction of sp³-hybridized carbons (Fsp3) is 0.660. The number of fused-ring (bicyclic) bond motifs is 7. The highest BCUT2D eigenvalue weighted by atomic mass is 16.5. The fourth-order valence-electron chi connectivity index (χ4n) is 13.9. The Hall–Kier alpha value is -3.16. The van der Waals surface area contributed by atoms with Crippen LogP contribution in [-0.4, -0.2) is 46.5 Å². The first-order valence-corrected chi connectivity index (χ1v) is 20.8. The Balaban J connectivity index is 1.03. The number of aromatic carboxylic acids is 1. The third-order valence-corrected chi connectivity index (χ3v) is 17.0. The molecule has 7 heteroatoms. The number of nitrogens with one attached hydrogen (secondary N) is 1. The minimum atomic E-state index is -1.00. The molecule has 5 fully saturated rings. The number of aliphatic hydroxyl groups is 2. The van der Waals surface area contributed by atoms with Crippen LogP contribution in [0.5, 0.6) is 5.75 Å². The standard InChI is InChI=1S/C47H65NO6/c1-29(2)34-17-23-47(42(53)48-26-20-30-9-8-10-33(27-30)54-28-36(49)31-11-13-32(14-12-31)41(51)52)25-24-45(6)35(40(34)47)15-16-38-44(5)21-19-39(50)43(3,4)37(44)18-22-46(38,45)7/h8-14,27,34-40,49-50H,1,15-26,28H2,2-7H3,(H,48,53)(H,51,52)/t34?,35?,36?,37?,38?,39-,40?,44-,45+,46+,47-/m0/s1. The van der Waals surface area contributed by atoms with Crippen molar-refractivity contribution in [2.24, 2.45) is 56.7 Å². The van der Waals surface area contributed by atoms with Gasteiger partial charge in [-0.1, -0.05) is 71.0 Å². The summed E-state index contributed by atoms with van der Waals surface area (Å²) < 4.78 is 5.94. The predicted octanol–water partition coefficient (Wildman–Crippen LogP) is 9.17. The van der Waals surface area contributed by atoms with Gasteiger partial charge >= 0.3 is 5.97 Å². The smallest absolute Gasteiger partial charge is 0.335 e. The van der Waals surface area contributed by atoms with Gasteiger partial charge in [0, 0.05) is 6.54 Å². The van der Waals surface area contributed by atoms with Gasteiger partial charge in [0.25, 0.3) is 0 Å². The van der Waals surface area contributed by atoms with Crippen molar-refractivity contribution in [3.63, 3.8) is 0 Å². The molecule has 0 heterocycles. The van der Waals surface area contributed by atoms with E-state index in [0.29, 0.717) is 53.9 Å². The lowest BCUT2D eigenvalue weighted by atomic mass is 9.32. The summed E-state index contributed by atoms with van der Waals surface area (Å²) in [6.07, 6.45) is 10.4. The molecule has 2 aromatic rings. The van der Waals surface area contributed by atoms with Crippen molar-refractivity contribution < 1.29 is 29.6 Å². The van der Waals surface area contributed by atoms with E-state index in [2.05, 4.69) is 53.4 Å². The number of allylic oxidation sites excluding steroid dienone is 1. The zero-order valence-electron chi connectivity index (χ0n) is 33.6. The van der Waals surface area contributed by atoms with E-state index in [1.165, 1.54) is 43.4 Å². The van der Waals surface area contributed by atoms with Gasteiger partial charge in [-0.15, -0.1) is 0 Å². The Kier molecular flexibility index (Phi) is 10.2. The quantitative estimate of drug-likeness (QED) is 0.181. The Labute approximate surface area is 323 Å². The monoisotopic (exact) mass is 739 g/mol. The molecule has 0 spiro atoms. The SMILES string of the molecule is C=C(C)C1CC[C@]2(C(=O)NCCc3cccc(OCC(O)c4ccc(C(=O)O)cc4)c3)CC[C@]3(C)C(CCC4[C@@]5(C)CC[C@H](O)C(C)(C)C5CC[C@]43C)C12. The predicted molar refractivity (Wildman–Crippen MR) is 212 cm³/mol. The Morgan fingerprint density at radius 2 is 1.63 bits per heavy atom. The molecular weight excluding hydrogens is 675 g/mol. The largest absolute Gasteiger partial charge is 0.491 e. The third kappa shape index (κ3) is 6.15. The lowest BCUT2D eigenvalue weighted by Crippen LogP contribution is -2.67. The molecule has 0 bridgehead atoms. The van der Waals surface area contributed by atoms with E-state index in [1.54, 1.807) is 12.1 Å². The van der Waals surface area contributed by atoms with Crippen molar-refractivity contribution in [2.45, 2.75) is 124 Å². The highest BCUT2D eigenvalue weighted by molar-refractivity contribution is 5.87. The number of carboxylic acid groups (broad SMARTS) is 1. The molecule has 1 amide bonds. The van der Waals surface area contributed by atoms with Gasteiger partial charge in [-0.3, -0.25) is 4.79 Å². The second-order valence-corrected chi connectivity index (χ2v) is 19.6. The highest BCUT2D eigenvalue weighted by Crippen LogP contribution is 2.77. The van der Waals surface area contributed by atoms with Crippen LogP contribution in [0.25, 0.3) is 0 Å². The van der Waals surface area contributed by atoms with Crippen molar-refractivity contribution in [1.29, 1.82) is 0 Å². The molecule has 0 saturated heterocycles. The van der Waals surface area contributed by atoms with Crippen LogP contribution < -0.4 is 10.1 Å². The van der Waals surface area contributed by atoms with E-state index in [0.717, 1.165) is 44.1 Å². The van der Waals surface area contributed by atoms with Crippen LogP contribution in [0.1, 0.15) is 133 Å². The van der Waals surface area contributed by atoms with Crippen molar-refractivity contribution in [3.05, 3.63) is 77.4 Å². The van der Waals surface area contributed by atoms with Crippen LogP contribution in [0, 0.1) is 56.7 Å². The van der Waals surface area contributed by atoms with Crippen molar-refractivity contribution in [1.82, 2.24) is 5.32 Å². The first kappa shape index (κ1) is 39.1. The molecule has 7 nitrogen and oxygen atoms in total. The maximum absolute atomic E-state index is 14.6. The molecule has 54 heavy (non-hydrogen) atoms. The van der Waals surface area contributed by atoms with Crippen LogP contribution in [0.2, 0.25) is 0 Å². The second kappa shape index (κ2) is 14.1. The molecule has 5 aliphatic carbocycles. The van der Waals surface area contributed by atoms with Gasteiger partial charge in [0.15, 0.2) is 0 Å². The third-order valence-electron chi connectivity index (χ3n) is 17.0. The van der Waals surface area contributed by atoms with Gasteiger partial charge in [-0.25, -0.2) is 4.79 Å². The zero-order chi connectivity index (χ0) is 38.8. The summed E-state index contributed by atoms with van der Waals surface area (Å²) in [6.45, 7) is 19.8. The number of aliphatic hydroxyl groups excluding tert-OH is 2. The van der Waals surface area contributed by atoms with Gasteiger partial charge in [0.1, 0.15) is 18.5 Å². The average Bonchev–Trinajstić information content (AvgIpc) is 3.54. The maximum atomic E-state index is 14.6. The summed E-state index contributed by atoms with van der Waals surface area (Å²) in [4.78, 5) is 25.8. The summed E-state index contributed by atoms with van der Waals surface area (Å²) in [5.41, 5.74) is 3.24. The molecule has 2 aromatic carbocycles. The fourth-order valence-corrected chi connectivity index (χ4v) is 13.9. The van der Waals surface area contributed by atoms with Crippen molar-refractivity contribution >= 4 is 11.9 Å². The van der Waals surface area contributed by atoms with Gasteiger partial charge < -0.3 is 25.4 Å². The lowest BCUT2D eigenvalue weighted by molar-refractivity contribution is -0.246. The summed E-state index contributed by atoms with van der Waals surface area (Å²) >= 11 is 0. The van der Waals surface area contributed by atoms with Crippen molar-refractivity contribution in [3.8, 4) is 5.75 Å². The van der Waals surface area contributed by atoms with E-state index < -0.39 is 12.1 Å². The Bertz CT molecular complexity index is 1750. The number of hydrogen-bond donors (Lipinski definition) is 4. The minimum absolute atomic E-state index is 0.0429. The molecule has 6 unspecified atom stereocenters. The van der Waals surface area contributed by atoms with Gasteiger partial charge in [-0.05, 0) is 164 Å². The van der Waals surface area contributed by atoms with E-state index in [9.17, 15) is 19.8 Å². The van der Waals surface area contributed by atoms with Crippen LogP contribution >= 0.6 is 0 Å². The van der Waals surface area contributed by atoms with Crippen LogP contribution in [0.3, 0.4) is 0 Å². The second-order valence-electron chi connectivity index (χ2n) is 19.6. The topological polar surface area (TPSA) is 116 Å². The number of rotatable bonds is 10. The van der Waals surface area contributed by atoms with E-state index >= 15 is 0 Å². The number of amides is 1. The molecule has 0 aliphatic heterocycles. The molecule has 11 atom stereocenters. The molecule has 4 N–H and O–H groups in total. The van der Waals surface area contributed by atoms with E-state index in [1.807, 2.05) is 24.3 Å². The first-order valence-electron chi connectivity index (χ1n) is 20.8. The number of carbonyl (C=O) groups is 2. The summed E-state index contributed by atoms with van der Waals surface area (Å²) in [5.74, 6) is 2.22. The number of ether oxygens (including phenoxy) is 1. The normalized spacial score (nSPS) is 38.5. The molecular formula is C47H65NO6. The van der Waals surface area contributed by atoms with Gasteiger partial charge in [0.2, 0.25) is 5.91 Å². The molecule has 5 saturated carbocycles. The number of benzene rings is 2. The number of carboxylic acids is 1. The Morgan fingerprint density at radius 1 is 0.889 bits per heavy atom. The summed E-state index contributed by atoms with van der Waals surface area (Å²) in [5, 5.41) is 34.3. The average molecular weight is 740 g/mol. The van der Waals surface area contributed by atoms with Crippen LogP contribution in [-0.2, 0) is 11.2 Å². The van der Waals surface area contributed by atoms with Crippen LogP contribution in [0.4, 0.5) is 0 Å². The molecule has 0 aromatic heterocycles. The number of carbonyl (C=O) groups excluding carboxylic acids is 1. The van der Waals surface area contributed by atoms with Crippen LogP contribution in [0.15, 0.2) is 60.7 Å². The molecule has 7 rings (SSSR count).